The van der Waals surface area contributed by atoms with E-state index in [1.807, 2.05) is 0 Å². The van der Waals surface area contributed by atoms with Crippen molar-refractivity contribution in [3.63, 3.8) is 0 Å². The van der Waals surface area contributed by atoms with Crippen LogP contribution in [0.3, 0.4) is 0 Å². The largest absolute Gasteiger partial charge is 0.493 e. The van der Waals surface area contributed by atoms with Crippen molar-refractivity contribution in [2.24, 2.45) is 0 Å². The van der Waals surface area contributed by atoms with Crippen LogP contribution >= 0.6 is 0 Å². The second-order valence-electron chi connectivity index (χ2n) is 14.6. The second kappa shape index (κ2) is 14.9. The Labute approximate surface area is 323 Å². The quantitative estimate of drug-likeness (QED) is 0.137. The van der Waals surface area contributed by atoms with E-state index in [1.54, 1.807) is 0 Å². The van der Waals surface area contributed by atoms with E-state index in [9.17, 15) is 5.11 Å². The van der Waals surface area contributed by atoms with Crippen LogP contribution in [0.15, 0.2) is 170 Å². The minimum Gasteiger partial charge on any atom is -0.493 e. The lowest BCUT2D eigenvalue weighted by Gasteiger charge is -2.35. The number of ether oxygens (including phenoxy) is 2. The fraction of sp³-hybridized carbons (Fsp3) is 0.154. The minimum absolute atomic E-state index is 0.0473. The highest BCUT2D eigenvalue weighted by atomic mass is 16.5. The number of hydrogen-bond acceptors (Lipinski definition) is 3. The molecule has 0 saturated heterocycles. The van der Waals surface area contributed by atoms with Crippen LogP contribution in [0.5, 0.6) is 11.5 Å². The average Bonchev–Trinajstić information content (AvgIpc) is 3.54. The number of fused-ring (bicyclic) bond motifs is 5. The van der Waals surface area contributed by atoms with Gasteiger partial charge in [-0.15, -0.1) is 0 Å². The maximum atomic E-state index is 9.79. The third kappa shape index (κ3) is 6.35. The summed E-state index contributed by atoms with van der Waals surface area (Å²) in [6.07, 6.45) is 2.38. The standard InChI is InChI=1S/C52H44O3/c1-2-28-54-50-25-23-44(34-42(50)32-36-19-21-38-11-3-5-13-40(38)30-36)52(48-17-9-7-15-46(48)47-16-8-10-18-49(47)52)45-24-26-51(55-29-27-53)43(35-45)33-37-20-22-39-12-4-6-14-41(39)31-37/h3-26,30-31,34-35,53H,2,27-29,32-33H2,1H3. The summed E-state index contributed by atoms with van der Waals surface area (Å²) in [5, 5.41) is 14.7. The van der Waals surface area contributed by atoms with Gasteiger partial charge in [-0.3, -0.25) is 0 Å². The topological polar surface area (TPSA) is 38.7 Å². The Kier molecular flexibility index (Phi) is 9.39. The molecule has 0 bridgehead atoms. The smallest absolute Gasteiger partial charge is 0.122 e. The van der Waals surface area contributed by atoms with Crippen molar-refractivity contribution in [3.05, 3.63) is 214 Å². The summed E-state index contributed by atoms with van der Waals surface area (Å²) < 4.78 is 12.7. The molecule has 8 aromatic carbocycles. The second-order valence-corrected chi connectivity index (χ2v) is 14.6. The predicted molar refractivity (Wildman–Crippen MR) is 226 cm³/mol. The van der Waals surface area contributed by atoms with Gasteiger partial charge < -0.3 is 14.6 Å². The molecule has 0 spiro atoms. The van der Waals surface area contributed by atoms with Gasteiger partial charge in [-0.1, -0.05) is 165 Å². The molecule has 55 heavy (non-hydrogen) atoms. The number of hydrogen-bond donors (Lipinski definition) is 1. The Morgan fingerprint density at radius 3 is 1.40 bits per heavy atom. The summed E-state index contributed by atoms with van der Waals surface area (Å²) in [6.45, 7) is 3.00. The van der Waals surface area contributed by atoms with Crippen molar-refractivity contribution in [2.75, 3.05) is 19.8 Å². The van der Waals surface area contributed by atoms with Crippen molar-refractivity contribution in [1.82, 2.24) is 0 Å². The zero-order chi connectivity index (χ0) is 37.2. The van der Waals surface area contributed by atoms with Crippen LogP contribution in [0.2, 0.25) is 0 Å². The van der Waals surface area contributed by atoms with Crippen molar-refractivity contribution in [3.8, 4) is 22.6 Å². The first-order chi connectivity index (χ1) is 27.1. The maximum absolute atomic E-state index is 9.79. The van der Waals surface area contributed by atoms with E-state index in [-0.39, 0.29) is 13.2 Å². The number of rotatable bonds is 12. The predicted octanol–water partition coefficient (Wildman–Crippen LogP) is 11.7. The lowest BCUT2D eigenvalue weighted by Crippen LogP contribution is -2.29. The molecule has 0 amide bonds. The average molecular weight is 717 g/mol. The Morgan fingerprint density at radius 2 is 0.909 bits per heavy atom. The fourth-order valence-electron chi connectivity index (χ4n) is 8.71. The molecular formula is C52H44O3. The van der Waals surface area contributed by atoms with Crippen molar-refractivity contribution >= 4 is 21.5 Å². The molecule has 1 aliphatic carbocycles. The summed E-state index contributed by atoms with van der Waals surface area (Å²) in [5.41, 5.74) is 11.5. The Morgan fingerprint density at radius 1 is 0.455 bits per heavy atom. The van der Waals surface area contributed by atoms with Crippen LogP contribution in [-0.4, -0.2) is 24.9 Å². The highest BCUT2D eigenvalue weighted by Gasteiger charge is 2.46. The van der Waals surface area contributed by atoms with Gasteiger partial charge in [0.05, 0.1) is 18.6 Å². The molecule has 9 rings (SSSR count). The molecule has 1 N–H and O–H groups in total. The molecule has 0 atom stereocenters. The zero-order valence-electron chi connectivity index (χ0n) is 31.2. The first-order valence-corrected chi connectivity index (χ1v) is 19.4. The van der Waals surface area contributed by atoms with Crippen molar-refractivity contribution in [1.29, 1.82) is 0 Å². The van der Waals surface area contributed by atoms with Gasteiger partial charge in [0.1, 0.15) is 18.1 Å². The van der Waals surface area contributed by atoms with Crippen molar-refractivity contribution < 1.29 is 14.6 Å². The first kappa shape index (κ1) is 34.6. The highest BCUT2D eigenvalue weighted by Crippen LogP contribution is 2.57. The van der Waals surface area contributed by atoms with E-state index in [1.165, 1.54) is 71.6 Å². The molecule has 0 aliphatic heterocycles. The van der Waals surface area contributed by atoms with Crippen LogP contribution in [0.25, 0.3) is 32.7 Å². The normalized spacial score (nSPS) is 12.8. The third-order valence-electron chi connectivity index (χ3n) is 11.2. The van der Waals surface area contributed by atoms with Gasteiger partial charge in [0.25, 0.3) is 0 Å². The van der Waals surface area contributed by atoms with E-state index in [0.717, 1.165) is 29.9 Å². The minimum atomic E-state index is -0.609. The molecule has 270 valence electrons. The summed E-state index contributed by atoms with van der Waals surface area (Å²) in [7, 11) is 0. The highest BCUT2D eigenvalue weighted by molar-refractivity contribution is 5.87. The van der Waals surface area contributed by atoms with Gasteiger partial charge in [-0.2, -0.15) is 0 Å². The van der Waals surface area contributed by atoms with E-state index in [2.05, 4.69) is 177 Å². The van der Waals surface area contributed by atoms with Gasteiger partial charge in [0.2, 0.25) is 0 Å². The first-order valence-electron chi connectivity index (χ1n) is 19.4. The van der Waals surface area contributed by atoms with E-state index < -0.39 is 5.41 Å². The van der Waals surface area contributed by atoms with Gasteiger partial charge >= 0.3 is 0 Å². The van der Waals surface area contributed by atoms with E-state index in [4.69, 9.17) is 9.47 Å². The third-order valence-corrected chi connectivity index (χ3v) is 11.2. The van der Waals surface area contributed by atoms with Gasteiger partial charge in [0, 0.05) is 12.8 Å². The van der Waals surface area contributed by atoms with Crippen LogP contribution in [0, 0.1) is 0 Å². The number of aliphatic hydroxyl groups is 1. The fourth-order valence-corrected chi connectivity index (χ4v) is 8.71. The summed E-state index contributed by atoms with van der Waals surface area (Å²) in [4.78, 5) is 0. The monoisotopic (exact) mass is 716 g/mol. The molecule has 0 heterocycles. The van der Waals surface area contributed by atoms with Crippen LogP contribution < -0.4 is 9.47 Å². The molecule has 0 saturated carbocycles. The molecule has 0 unspecified atom stereocenters. The molecule has 0 fully saturated rings. The summed E-state index contributed by atoms with van der Waals surface area (Å²) >= 11 is 0. The Bertz CT molecular complexity index is 2470. The number of aliphatic hydroxyl groups excluding tert-OH is 1. The lowest BCUT2D eigenvalue weighted by atomic mass is 9.67. The number of benzene rings is 8. The van der Waals surface area contributed by atoms with Crippen LogP contribution in [-0.2, 0) is 18.3 Å². The zero-order valence-corrected chi connectivity index (χ0v) is 31.2. The Hall–Kier alpha value is -6.16. The summed E-state index contributed by atoms with van der Waals surface area (Å²) in [6, 6.07) is 61.9. The molecular weight excluding hydrogens is 673 g/mol. The van der Waals surface area contributed by atoms with E-state index >= 15 is 0 Å². The van der Waals surface area contributed by atoms with Gasteiger partial charge in [-0.25, -0.2) is 0 Å². The van der Waals surface area contributed by atoms with E-state index in [0.29, 0.717) is 13.0 Å². The van der Waals surface area contributed by atoms with Crippen molar-refractivity contribution in [2.45, 2.75) is 31.6 Å². The Balaban J connectivity index is 1.25. The molecule has 0 radical (unpaired) electrons. The lowest BCUT2D eigenvalue weighted by molar-refractivity contribution is 0.200. The van der Waals surface area contributed by atoms with Crippen LogP contribution in [0.4, 0.5) is 0 Å². The molecule has 3 nitrogen and oxygen atoms in total. The van der Waals surface area contributed by atoms with Gasteiger partial charge in [-0.05, 0) is 95.7 Å². The maximum Gasteiger partial charge on any atom is 0.122 e. The summed E-state index contributed by atoms with van der Waals surface area (Å²) in [5.74, 6) is 1.72. The molecule has 0 aromatic heterocycles. The molecule has 8 aromatic rings. The van der Waals surface area contributed by atoms with Crippen LogP contribution in [0.1, 0.15) is 57.9 Å². The molecule has 3 heteroatoms. The SMILES string of the molecule is CCCOc1ccc(C2(c3ccc(OCCO)c(Cc4ccc5ccccc5c4)c3)c3ccccc3-c3ccccc32)cc1Cc1ccc2ccccc2c1. The molecule has 1 aliphatic rings. The van der Waals surface area contributed by atoms with Gasteiger partial charge in [0.15, 0.2) is 0 Å².